The fourth-order valence-electron chi connectivity index (χ4n) is 2.66. The third-order valence-corrected chi connectivity index (χ3v) is 3.85. The zero-order chi connectivity index (χ0) is 15.4. The van der Waals surface area contributed by atoms with Crippen molar-refractivity contribution in [2.24, 2.45) is 0 Å². The number of hydrogen-bond acceptors (Lipinski definition) is 3. The van der Waals surface area contributed by atoms with E-state index in [9.17, 15) is 9.59 Å². The van der Waals surface area contributed by atoms with Crippen LogP contribution >= 0.6 is 0 Å². The molecular weight excluding hydrogens is 280 g/mol. The number of carbonyl (C=O) groups excluding carboxylic acids is 2. The third-order valence-electron chi connectivity index (χ3n) is 3.85. The predicted molar refractivity (Wildman–Crippen MR) is 81.3 cm³/mol. The first-order valence-electron chi connectivity index (χ1n) is 7.37. The van der Waals surface area contributed by atoms with E-state index in [1.54, 1.807) is 6.07 Å². The maximum absolute atomic E-state index is 12.0. The van der Waals surface area contributed by atoms with Gasteiger partial charge in [0.2, 0.25) is 5.91 Å². The smallest absolute Gasteiger partial charge is 0.254 e. The third kappa shape index (κ3) is 3.36. The zero-order valence-electron chi connectivity index (χ0n) is 12.2. The van der Waals surface area contributed by atoms with Gasteiger partial charge < -0.3 is 14.6 Å². The molecule has 1 N–H and O–H groups in total. The first kappa shape index (κ1) is 14.4. The number of nitrogens with one attached hydrogen (secondary N) is 1. The number of carbonyl (C=O) groups is 2. The van der Waals surface area contributed by atoms with Crippen LogP contribution in [0.2, 0.25) is 0 Å². The van der Waals surface area contributed by atoms with Crippen LogP contribution in [-0.2, 0) is 11.2 Å². The number of furan rings is 1. The fourth-order valence-corrected chi connectivity index (χ4v) is 2.66. The number of benzene rings is 1. The molecular formula is C17H18N2O3. The quantitative estimate of drug-likeness (QED) is 0.916. The molecule has 2 amide bonds. The van der Waals surface area contributed by atoms with Crippen LogP contribution in [0.5, 0.6) is 0 Å². The van der Waals surface area contributed by atoms with Crippen molar-refractivity contribution in [2.75, 3.05) is 13.1 Å². The van der Waals surface area contributed by atoms with E-state index in [1.165, 1.54) is 18.1 Å². The number of likely N-dealkylation sites (tertiary alicyclic amines) is 1. The summed E-state index contributed by atoms with van der Waals surface area (Å²) in [6.07, 6.45) is 4.05. The molecule has 1 aliphatic heterocycles. The predicted octanol–water partition coefficient (Wildman–Crippen LogP) is 1.85. The summed E-state index contributed by atoms with van der Waals surface area (Å²) in [4.78, 5) is 25.8. The van der Waals surface area contributed by atoms with Crippen molar-refractivity contribution in [1.82, 2.24) is 10.2 Å². The van der Waals surface area contributed by atoms with Crippen LogP contribution in [0, 0.1) is 0 Å². The highest BCUT2D eigenvalue weighted by Crippen LogP contribution is 2.13. The number of amides is 2. The van der Waals surface area contributed by atoms with Crippen LogP contribution in [0.25, 0.3) is 0 Å². The van der Waals surface area contributed by atoms with Gasteiger partial charge in [0.15, 0.2) is 0 Å². The summed E-state index contributed by atoms with van der Waals surface area (Å²) in [5, 5.41) is 2.88. The van der Waals surface area contributed by atoms with E-state index in [1.807, 2.05) is 23.1 Å². The van der Waals surface area contributed by atoms with Crippen molar-refractivity contribution in [3.05, 3.63) is 60.1 Å². The topological polar surface area (TPSA) is 62.6 Å². The van der Waals surface area contributed by atoms with Crippen LogP contribution < -0.4 is 5.32 Å². The molecule has 1 atom stereocenters. The molecule has 0 saturated carbocycles. The lowest BCUT2D eigenvalue weighted by Crippen LogP contribution is -2.37. The van der Waals surface area contributed by atoms with E-state index in [0.717, 1.165) is 6.42 Å². The van der Waals surface area contributed by atoms with Crippen LogP contribution in [0.15, 0.2) is 53.3 Å². The standard InChI is InChI=1S/C17H18N2O3/c20-16-10-15(18-17(21)14-7-9-22-12-14)11-19(16)8-6-13-4-2-1-3-5-13/h1-5,7,9,12,15H,6,8,10-11H2,(H,18,21)/t15-/m1/s1. The van der Waals surface area contributed by atoms with Gasteiger partial charge in [-0.05, 0) is 18.1 Å². The van der Waals surface area contributed by atoms with Gasteiger partial charge in [0.05, 0.1) is 17.9 Å². The lowest BCUT2D eigenvalue weighted by molar-refractivity contribution is -0.127. The second kappa shape index (κ2) is 6.47. The molecule has 5 heteroatoms. The van der Waals surface area contributed by atoms with Crippen molar-refractivity contribution in [2.45, 2.75) is 18.9 Å². The molecule has 1 aromatic carbocycles. The molecule has 5 nitrogen and oxygen atoms in total. The molecule has 1 aliphatic rings. The molecule has 114 valence electrons. The average molecular weight is 298 g/mol. The van der Waals surface area contributed by atoms with E-state index in [2.05, 4.69) is 17.4 Å². The Morgan fingerprint density at radius 2 is 2.09 bits per heavy atom. The van der Waals surface area contributed by atoms with Crippen molar-refractivity contribution < 1.29 is 14.0 Å². The van der Waals surface area contributed by atoms with E-state index in [-0.39, 0.29) is 17.9 Å². The molecule has 0 unspecified atom stereocenters. The van der Waals surface area contributed by atoms with Gasteiger partial charge in [-0.1, -0.05) is 30.3 Å². The first-order valence-corrected chi connectivity index (χ1v) is 7.37. The first-order chi connectivity index (χ1) is 10.7. The van der Waals surface area contributed by atoms with Gasteiger partial charge in [0, 0.05) is 19.5 Å². The monoisotopic (exact) mass is 298 g/mol. The largest absolute Gasteiger partial charge is 0.472 e. The van der Waals surface area contributed by atoms with E-state index in [4.69, 9.17) is 4.42 Å². The summed E-state index contributed by atoms with van der Waals surface area (Å²) in [5.41, 5.74) is 1.69. The van der Waals surface area contributed by atoms with Crippen molar-refractivity contribution in [1.29, 1.82) is 0 Å². The summed E-state index contributed by atoms with van der Waals surface area (Å²) >= 11 is 0. The molecule has 1 fully saturated rings. The fraction of sp³-hybridized carbons (Fsp3) is 0.294. The number of hydrogen-bond donors (Lipinski definition) is 1. The second-order valence-corrected chi connectivity index (χ2v) is 5.46. The average Bonchev–Trinajstić information content (AvgIpc) is 3.16. The molecule has 0 bridgehead atoms. The van der Waals surface area contributed by atoms with Crippen LogP contribution in [0.3, 0.4) is 0 Å². The van der Waals surface area contributed by atoms with E-state index in [0.29, 0.717) is 25.1 Å². The van der Waals surface area contributed by atoms with Crippen molar-refractivity contribution >= 4 is 11.8 Å². The van der Waals surface area contributed by atoms with E-state index >= 15 is 0 Å². The molecule has 2 aromatic rings. The second-order valence-electron chi connectivity index (χ2n) is 5.46. The highest BCUT2D eigenvalue weighted by atomic mass is 16.3. The molecule has 3 rings (SSSR count). The van der Waals surface area contributed by atoms with Gasteiger partial charge in [-0.3, -0.25) is 9.59 Å². The minimum absolute atomic E-state index is 0.0911. The minimum Gasteiger partial charge on any atom is -0.472 e. The van der Waals surface area contributed by atoms with Crippen LogP contribution in [-0.4, -0.2) is 35.8 Å². The van der Waals surface area contributed by atoms with Crippen LogP contribution in [0.4, 0.5) is 0 Å². The Morgan fingerprint density at radius 3 is 2.82 bits per heavy atom. The Kier molecular flexibility index (Phi) is 4.23. The van der Waals surface area contributed by atoms with Gasteiger partial charge >= 0.3 is 0 Å². The molecule has 0 spiro atoms. The Labute approximate surface area is 128 Å². The Hall–Kier alpha value is -2.56. The summed E-state index contributed by atoms with van der Waals surface area (Å²) in [7, 11) is 0. The molecule has 1 saturated heterocycles. The minimum atomic E-state index is -0.198. The summed E-state index contributed by atoms with van der Waals surface area (Å²) in [6.45, 7) is 1.25. The summed E-state index contributed by atoms with van der Waals surface area (Å²) in [5.74, 6) is -0.107. The highest BCUT2D eigenvalue weighted by Gasteiger charge is 2.30. The SMILES string of the molecule is O=C(N[C@@H]1CC(=O)N(CCc2ccccc2)C1)c1ccoc1. The lowest BCUT2D eigenvalue weighted by Gasteiger charge is -2.17. The van der Waals surface area contributed by atoms with E-state index < -0.39 is 0 Å². The Morgan fingerprint density at radius 1 is 1.27 bits per heavy atom. The number of rotatable bonds is 5. The zero-order valence-corrected chi connectivity index (χ0v) is 12.2. The Balaban J connectivity index is 1.51. The van der Waals surface area contributed by atoms with Crippen molar-refractivity contribution in [3.63, 3.8) is 0 Å². The van der Waals surface area contributed by atoms with Gasteiger partial charge in [0.1, 0.15) is 6.26 Å². The highest BCUT2D eigenvalue weighted by molar-refractivity contribution is 5.94. The molecule has 22 heavy (non-hydrogen) atoms. The van der Waals surface area contributed by atoms with Gasteiger partial charge in [0.25, 0.3) is 5.91 Å². The molecule has 0 radical (unpaired) electrons. The van der Waals surface area contributed by atoms with Gasteiger partial charge in [-0.25, -0.2) is 0 Å². The molecule has 0 aliphatic carbocycles. The van der Waals surface area contributed by atoms with Gasteiger partial charge in [-0.2, -0.15) is 0 Å². The van der Waals surface area contributed by atoms with Gasteiger partial charge in [-0.15, -0.1) is 0 Å². The molecule has 2 heterocycles. The summed E-state index contributed by atoms with van der Waals surface area (Å²) < 4.78 is 4.89. The normalized spacial score (nSPS) is 17.7. The van der Waals surface area contributed by atoms with Crippen molar-refractivity contribution in [3.8, 4) is 0 Å². The number of nitrogens with zero attached hydrogens (tertiary/aromatic N) is 1. The maximum atomic E-state index is 12.0. The molecule has 1 aromatic heterocycles. The lowest BCUT2D eigenvalue weighted by atomic mass is 10.1. The maximum Gasteiger partial charge on any atom is 0.254 e. The summed E-state index contributed by atoms with van der Waals surface area (Å²) in [6, 6.07) is 11.6. The van der Waals surface area contributed by atoms with Crippen LogP contribution in [0.1, 0.15) is 22.3 Å². The Bertz CT molecular complexity index is 637.